The van der Waals surface area contributed by atoms with E-state index in [0.717, 1.165) is 38.7 Å². The number of anilines is 1. The number of rotatable bonds is 5. The van der Waals surface area contributed by atoms with Gasteiger partial charge in [0.1, 0.15) is 12.4 Å². The van der Waals surface area contributed by atoms with Crippen LogP contribution in [-0.2, 0) is 6.54 Å². The fraction of sp³-hybridized carbons (Fsp3) is 0.389. The first-order chi connectivity index (χ1) is 13.3. The maximum atomic E-state index is 5.33. The molecule has 0 saturated carbocycles. The van der Waals surface area contributed by atoms with Gasteiger partial charge in [0, 0.05) is 32.7 Å². The third-order valence-corrected chi connectivity index (χ3v) is 5.31. The number of aromatic nitrogens is 3. The highest BCUT2D eigenvalue weighted by Crippen LogP contribution is 2.22. The summed E-state index contributed by atoms with van der Waals surface area (Å²) in [4.78, 5) is 13.9. The highest BCUT2D eigenvalue weighted by Gasteiger charge is 2.20. The molecule has 4 heterocycles. The molecule has 27 heavy (non-hydrogen) atoms. The van der Waals surface area contributed by atoms with Gasteiger partial charge in [-0.1, -0.05) is 0 Å². The molecule has 8 nitrogen and oxygen atoms in total. The van der Waals surface area contributed by atoms with Crippen molar-refractivity contribution in [3.63, 3.8) is 0 Å². The van der Waals surface area contributed by atoms with E-state index in [1.54, 1.807) is 17.6 Å². The second-order valence-corrected chi connectivity index (χ2v) is 7.10. The predicted octanol–water partition coefficient (Wildman–Crippen LogP) is 2.41. The van der Waals surface area contributed by atoms with Crippen LogP contribution in [0, 0.1) is 0 Å². The summed E-state index contributed by atoms with van der Waals surface area (Å²) < 4.78 is 5.33. The molecule has 0 radical (unpaired) electrons. The summed E-state index contributed by atoms with van der Waals surface area (Å²) in [5.74, 6) is 2.84. The molecule has 0 atom stereocenters. The minimum atomic E-state index is 0.446. The predicted molar refractivity (Wildman–Crippen MR) is 107 cm³/mol. The van der Waals surface area contributed by atoms with Crippen LogP contribution in [0.1, 0.15) is 12.7 Å². The van der Waals surface area contributed by atoms with Crippen LogP contribution < -0.4 is 10.2 Å². The van der Waals surface area contributed by atoms with Crippen molar-refractivity contribution in [2.45, 2.75) is 13.5 Å². The van der Waals surface area contributed by atoms with Crippen LogP contribution in [0.15, 0.2) is 45.3 Å². The number of guanidine groups is 1. The molecule has 0 aliphatic carbocycles. The van der Waals surface area contributed by atoms with Crippen LogP contribution in [0.2, 0.25) is 0 Å². The third kappa shape index (κ3) is 4.13. The lowest BCUT2D eigenvalue weighted by molar-refractivity contribution is 0.373. The second-order valence-electron chi connectivity index (χ2n) is 6.18. The molecule has 4 rings (SSSR count). The average Bonchev–Trinajstić information content (AvgIpc) is 3.47. The van der Waals surface area contributed by atoms with E-state index in [1.807, 2.05) is 12.1 Å². The van der Waals surface area contributed by atoms with Crippen molar-refractivity contribution in [1.82, 2.24) is 25.4 Å². The SMILES string of the molecule is CCNC(=NCc1nc(-c2ccco2)n[nH]1)N1CCN(c2cccs2)CC1. The van der Waals surface area contributed by atoms with Gasteiger partial charge in [-0.25, -0.2) is 9.98 Å². The molecule has 0 bridgehead atoms. The molecular weight excluding hydrogens is 362 g/mol. The maximum absolute atomic E-state index is 5.33. The van der Waals surface area contributed by atoms with Crippen molar-refractivity contribution in [2.24, 2.45) is 4.99 Å². The van der Waals surface area contributed by atoms with E-state index in [9.17, 15) is 0 Å². The molecule has 1 aliphatic heterocycles. The monoisotopic (exact) mass is 385 g/mol. The first kappa shape index (κ1) is 17.6. The van der Waals surface area contributed by atoms with Crippen LogP contribution in [0.25, 0.3) is 11.6 Å². The van der Waals surface area contributed by atoms with Gasteiger partial charge in [0.05, 0.1) is 11.3 Å². The number of furan rings is 1. The van der Waals surface area contributed by atoms with Gasteiger partial charge in [0.15, 0.2) is 11.7 Å². The molecule has 0 unspecified atom stereocenters. The van der Waals surface area contributed by atoms with E-state index in [0.29, 0.717) is 24.0 Å². The van der Waals surface area contributed by atoms with Gasteiger partial charge < -0.3 is 19.5 Å². The molecule has 2 N–H and O–H groups in total. The Labute approximate surface area is 161 Å². The minimum Gasteiger partial charge on any atom is -0.461 e. The zero-order valence-electron chi connectivity index (χ0n) is 15.3. The first-order valence-electron chi connectivity index (χ1n) is 9.10. The Hall–Kier alpha value is -2.81. The molecule has 1 aliphatic rings. The van der Waals surface area contributed by atoms with Crippen molar-refractivity contribution in [3.05, 3.63) is 41.7 Å². The van der Waals surface area contributed by atoms with Gasteiger partial charge in [-0.15, -0.1) is 16.4 Å². The highest BCUT2D eigenvalue weighted by atomic mass is 32.1. The highest BCUT2D eigenvalue weighted by molar-refractivity contribution is 7.14. The van der Waals surface area contributed by atoms with Crippen LogP contribution in [0.5, 0.6) is 0 Å². The van der Waals surface area contributed by atoms with Gasteiger partial charge in [-0.3, -0.25) is 5.10 Å². The van der Waals surface area contributed by atoms with Gasteiger partial charge in [-0.2, -0.15) is 0 Å². The van der Waals surface area contributed by atoms with Crippen LogP contribution >= 0.6 is 11.3 Å². The standard InChI is InChI=1S/C18H23N7OS/c1-2-19-18(25-9-7-24(8-10-25)16-6-4-12-27-16)20-13-15-21-17(23-22-15)14-5-3-11-26-14/h3-6,11-12H,2,7-10,13H2,1H3,(H,19,20)(H,21,22,23). The van der Waals surface area contributed by atoms with E-state index in [4.69, 9.17) is 9.41 Å². The third-order valence-electron chi connectivity index (χ3n) is 4.38. The van der Waals surface area contributed by atoms with E-state index in [2.05, 4.69) is 54.7 Å². The normalized spacial score (nSPS) is 15.4. The van der Waals surface area contributed by atoms with E-state index >= 15 is 0 Å². The molecule has 0 spiro atoms. The summed E-state index contributed by atoms with van der Waals surface area (Å²) in [5.41, 5.74) is 0. The summed E-state index contributed by atoms with van der Waals surface area (Å²) in [6.07, 6.45) is 1.61. The summed E-state index contributed by atoms with van der Waals surface area (Å²) in [6, 6.07) is 7.95. The summed E-state index contributed by atoms with van der Waals surface area (Å²) in [5, 5.41) is 14.0. The van der Waals surface area contributed by atoms with Crippen LogP contribution in [0.4, 0.5) is 5.00 Å². The van der Waals surface area contributed by atoms with Gasteiger partial charge in [0.25, 0.3) is 0 Å². The van der Waals surface area contributed by atoms with Crippen molar-refractivity contribution in [2.75, 3.05) is 37.6 Å². The first-order valence-corrected chi connectivity index (χ1v) is 9.98. The number of thiophene rings is 1. The lowest BCUT2D eigenvalue weighted by atomic mass is 10.3. The quantitative estimate of drug-likeness (QED) is 0.518. The molecule has 0 aromatic carbocycles. The number of nitrogens with zero attached hydrogens (tertiary/aromatic N) is 5. The molecule has 142 valence electrons. The van der Waals surface area contributed by atoms with E-state index in [-0.39, 0.29) is 0 Å². The Morgan fingerprint density at radius 2 is 2.19 bits per heavy atom. The lowest BCUT2D eigenvalue weighted by Crippen LogP contribution is -2.52. The van der Waals surface area contributed by atoms with Crippen LogP contribution in [0.3, 0.4) is 0 Å². The maximum Gasteiger partial charge on any atom is 0.216 e. The van der Waals surface area contributed by atoms with Gasteiger partial charge in [0.2, 0.25) is 5.82 Å². The molecule has 3 aromatic rings. The zero-order valence-corrected chi connectivity index (χ0v) is 16.1. The average molecular weight is 385 g/mol. The Morgan fingerprint density at radius 1 is 1.30 bits per heavy atom. The van der Waals surface area contributed by atoms with Crippen molar-refractivity contribution < 1.29 is 4.42 Å². The Kier molecular flexibility index (Phi) is 5.38. The smallest absolute Gasteiger partial charge is 0.216 e. The molecule has 0 amide bonds. The fourth-order valence-corrected chi connectivity index (χ4v) is 3.83. The zero-order chi connectivity index (χ0) is 18.5. The molecule has 1 fully saturated rings. The van der Waals surface area contributed by atoms with Gasteiger partial charge >= 0.3 is 0 Å². The number of nitrogens with one attached hydrogen (secondary N) is 2. The lowest BCUT2D eigenvalue weighted by Gasteiger charge is -2.37. The topological polar surface area (TPSA) is 85.6 Å². The molecule has 3 aromatic heterocycles. The Morgan fingerprint density at radius 3 is 2.89 bits per heavy atom. The summed E-state index contributed by atoms with van der Waals surface area (Å²) >= 11 is 1.79. The van der Waals surface area contributed by atoms with Crippen molar-refractivity contribution in [1.29, 1.82) is 0 Å². The largest absolute Gasteiger partial charge is 0.461 e. The van der Waals surface area contributed by atoms with Crippen molar-refractivity contribution >= 4 is 22.3 Å². The summed E-state index contributed by atoms with van der Waals surface area (Å²) in [7, 11) is 0. The number of aromatic amines is 1. The van der Waals surface area contributed by atoms with E-state index in [1.165, 1.54) is 5.00 Å². The van der Waals surface area contributed by atoms with Crippen molar-refractivity contribution in [3.8, 4) is 11.6 Å². The molecule has 1 saturated heterocycles. The summed E-state index contributed by atoms with van der Waals surface area (Å²) in [6.45, 7) is 7.24. The fourth-order valence-electron chi connectivity index (χ4n) is 3.05. The molecule has 9 heteroatoms. The Bertz CT molecular complexity index is 848. The number of hydrogen-bond donors (Lipinski definition) is 2. The van der Waals surface area contributed by atoms with E-state index < -0.39 is 0 Å². The Balaban J connectivity index is 1.39. The minimum absolute atomic E-state index is 0.446. The number of aliphatic imine (C=N–C) groups is 1. The number of H-pyrrole nitrogens is 1. The number of piperazine rings is 1. The second kappa shape index (κ2) is 8.26. The molecular formula is C18H23N7OS. The van der Waals surface area contributed by atoms with Crippen LogP contribution in [-0.4, -0.2) is 58.8 Å². The number of hydrogen-bond acceptors (Lipinski definition) is 6. The van der Waals surface area contributed by atoms with Gasteiger partial charge in [-0.05, 0) is 36.6 Å².